The summed E-state index contributed by atoms with van der Waals surface area (Å²) in [5, 5.41) is 11.2. The number of carboxylic acids is 1. The maximum atomic E-state index is 11.3. The van der Waals surface area contributed by atoms with Gasteiger partial charge in [-0.15, -0.1) is 0 Å². The average Bonchev–Trinajstić information content (AvgIpc) is 2.29. The molecule has 1 aromatic heterocycles. The van der Waals surface area contributed by atoms with Crippen LogP contribution in [0, 0.1) is 5.92 Å². The number of carboxylic acid groups (broad SMARTS) is 1. The Labute approximate surface area is 93.5 Å². The summed E-state index contributed by atoms with van der Waals surface area (Å²) >= 11 is 0. The molecule has 0 aliphatic carbocycles. The molecule has 2 N–H and O–H groups in total. The van der Waals surface area contributed by atoms with Crippen molar-refractivity contribution in [2.45, 2.75) is 13.3 Å². The molecule has 0 aliphatic heterocycles. The van der Waals surface area contributed by atoms with Gasteiger partial charge in [0.05, 0.1) is 0 Å². The number of hydrogen-bond acceptors (Lipinski definition) is 3. The summed E-state index contributed by atoms with van der Waals surface area (Å²) in [6.07, 6.45) is 4.04. The van der Waals surface area contributed by atoms with E-state index in [4.69, 9.17) is 5.11 Å². The van der Waals surface area contributed by atoms with Crippen LogP contribution in [-0.2, 0) is 16.0 Å². The van der Waals surface area contributed by atoms with E-state index in [1.807, 2.05) is 12.1 Å². The Morgan fingerprint density at radius 2 is 2.31 bits per heavy atom. The maximum Gasteiger partial charge on any atom is 0.315 e. The molecule has 1 unspecified atom stereocenters. The number of amides is 1. The van der Waals surface area contributed by atoms with Crippen molar-refractivity contribution in [1.82, 2.24) is 10.3 Å². The molecular formula is C11H14N2O3. The van der Waals surface area contributed by atoms with Gasteiger partial charge in [-0.05, 0) is 25.0 Å². The molecule has 16 heavy (non-hydrogen) atoms. The van der Waals surface area contributed by atoms with Gasteiger partial charge >= 0.3 is 5.97 Å². The van der Waals surface area contributed by atoms with E-state index in [0.717, 1.165) is 5.56 Å². The van der Waals surface area contributed by atoms with Crippen molar-refractivity contribution in [3.8, 4) is 0 Å². The average molecular weight is 222 g/mol. The SMILES string of the molecule is CC(C(=O)O)C(=O)NCCc1cccnc1. The van der Waals surface area contributed by atoms with Gasteiger partial charge in [-0.3, -0.25) is 14.6 Å². The first kappa shape index (κ1) is 12.2. The maximum absolute atomic E-state index is 11.3. The third-order valence-corrected chi connectivity index (χ3v) is 2.20. The van der Waals surface area contributed by atoms with Crippen molar-refractivity contribution in [2.75, 3.05) is 6.54 Å². The molecule has 86 valence electrons. The van der Waals surface area contributed by atoms with Crippen LogP contribution in [0.25, 0.3) is 0 Å². The first-order chi connectivity index (χ1) is 7.61. The van der Waals surface area contributed by atoms with Gasteiger partial charge in [0.25, 0.3) is 0 Å². The molecule has 1 heterocycles. The van der Waals surface area contributed by atoms with E-state index in [2.05, 4.69) is 10.3 Å². The summed E-state index contributed by atoms with van der Waals surface area (Å²) < 4.78 is 0. The first-order valence-corrected chi connectivity index (χ1v) is 5.00. The molecule has 1 atom stereocenters. The smallest absolute Gasteiger partial charge is 0.315 e. The Morgan fingerprint density at radius 3 is 2.88 bits per heavy atom. The van der Waals surface area contributed by atoms with Crippen LogP contribution in [0.3, 0.4) is 0 Å². The molecule has 1 rings (SSSR count). The molecule has 0 fully saturated rings. The van der Waals surface area contributed by atoms with Crippen molar-refractivity contribution >= 4 is 11.9 Å². The van der Waals surface area contributed by atoms with Crippen LogP contribution in [0.5, 0.6) is 0 Å². The monoisotopic (exact) mass is 222 g/mol. The van der Waals surface area contributed by atoms with E-state index >= 15 is 0 Å². The lowest BCUT2D eigenvalue weighted by molar-refractivity contribution is -0.146. The number of carbonyl (C=O) groups is 2. The summed E-state index contributed by atoms with van der Waals surface area (Å²) in [6.45, 7) is 1.78. The van der Waals surface area contributed by atoms with Crippen LogP contribution in [0.15, 0.2) is 24.5 Å². The third kappa shape index (κ3) is 3.68. The number of hydrogen-bond donors (Lipinski definition) is 2. The van der Waals surface area contributed by atoms with Crippen LogP contribution in [0.2, 0.25) is 0 Å². The zero-order valence-electron chi connectivity index (χ0n) is 9.01. The highest BCUT2D eigenvalue weighted by Gasteiger charge is 2.19. The fourth-order valence-corrected chi connectivity index (χ4v) is 1.14. The number of carbonyl (C=O) groups excluding carboxylic acids is 1. The fourth-order valence-electron chi connectivity index (χ4n) is 1.14. The Hall–Kier alpha value is -1.91. The molecule has 0 saturated heterocycles. The van der Waals surface area contributed by atoms with E-state index < -0.39 is 17.8 Å². The number of rotatable bonds is 5. The molecule has 0 spiro atoms. The summed E-state index contributed by atoms with van der Waals surface area (Å²) in [5.74, 6) is -2.58. The lowest BCUT2D eigenvalue weighted by atomic mass is 10.1. The van der Waals surface area contributed by atoms with Crippen LogP contribution >= 0.6 is 0 Å². The number of aromatic nitrogens is 1. The van der Waals surface area contributed by atoms with Gasteiger partial charge in [-0.25, -0.2) is 0 Å². The van der Waals surface area contributed by atoms with Crippen molar-refractivity contribution < 1.29 is 14.7 Å². The Kier molecular flexibility index (Phi) is 4.44. The molecule has 0 saturated carbocycles. The van der Waals surface area contributed by atoms with Crippen LogP contribution in [-0.4, -0.2) is 28.5 Å². The van der Waals surface area contributed by atoms with E-state index in [0.29, 0.717) is 13.0 Å². The minimum absolute atomic E-state index is 0.419. The number of nitrogens with one attached hydrogen (secondary N) is 1. The highest BCUT2D eigenvalue weighted by atomic mass is 16.4. The second-order valence-corrected chi connectivity index (χ2v) is 3.46. The number of pyridine rings is 1. The third-order valence-electron chi connectivity index (χ3n) is 2.20. The summed E-state index contributed by atoms with van der Waals surface area (Å²) in [5.41, 5.74) is 1.01. The molecule has 5 heteroatoms. The number of aliphatic carboxylic acids is 1. The summed E-state index contributed by atoms with van der Waals surface area (Å²) in [6, 6.07) is 3.72. The van der Waals surface area contributed by atoms with Gasteiger partial charge in [0.1, 0.15) is 5.92 Å². The van der Waals surface area contributed by atoms with E-state index in [9.17, 15) is 9.59 Å². The minimum Gasteiger partial charge on any atom is -0.481 e. The first-order valence-electron chi connectivity index (χ1n) is 5.00. The van der Waals surface area contributed by atoms with Gasteiger partial charge < -0.3 is 10.4 Å². The number of nitrogens with zero attached hydrogens (tertiary/aromatic N) is 1. The topological polar surface area (TPSA) is 79.3 Å². The van der Waals surface area contributed by atoms with Gasteiger partial charge in [0.15, 0.2) is 0 Å². The molecule has 5 nitrogen and oxygen atoms in total. The highest BCUT2D eigenvalue weighted by molar-refractivity contribution is 5.96. The predicted molar refractivity (Wildman–Crippen MR) is 57.8 cm³/mol. The van der Waals surface area contributed by atoms with Gasteiger partial charge in [0, 0.05) is 18.9 Å². The lowest BCUT2D eigenvalue weighted by Crippen LogP contribution is -2.34. The molecular weight excluding hydrogens is 208 g/mol. The quantitative estimate of drug-likeness (QED) is 0.709. The van der Waals surface area contributed by atoms with E-state index in [-0.39, 0.29) is 0 Å². The largest absolute Gasteiger partial charge is 0.481 e. The summed E-state index contributed by atoms with van der Waals surface area (Å²) in [4.78, 5) is 25.7. The van der Waals surface area contributed by atoms with Crippen molar-refractivity contribution in [1.29, 1.82) is 0 Å². The standard InChI is InChI=1S/C11H14N2O3/c1-8(11(15)16)10(14)13-6-4-9-3-2-5-12-7-9/h2-3,5,7-8H,4,6H2,1H3,(H,13,14)(H,15,16). The highest BCUT2D eigenvalue weighted by Crippen LogP contribution is 1.97. The predicted octanol–water partition coefficient (Wildman–Crippen LogP) is 0.461. The molecule has 0 bridgehead atoms. The Bertz CT molecular complexity index is 365. The molecule has 1 amide bonds. The van der Waals surface area contributed by atoms with Gasteiger partial charge in [-0.2, -0.15) is 0 Å². The molecule has 0 aliphatic rings. The second kappa shape index (κ2) is 5.85. The van der Waals surface area contributed by atoms with E-state index in [1.54, 1.807) is 12.4 Å². The Balaban J connectivity index is 2.31. The second-order valence-electron chi connectivity index (χ2n) is 3.46. The normalized spacial score (nSPS) is 11.8. The zero-order chi connectivity index (χ0) is 12.0. The van der Waals surface area contributed by atoms with Crippen molar-refractivity contribution in [3.05, 3.63) is 30.1 Å². The minimum atomic E-state index is -1.11. The summed E-state index contributed by atoms with van der Waals surface area (Å²) in [7, 11) is 0. The lowest BCUT2D eigenvalue weighted by Gasteiger charge is -2.07. The molecule has 1 aromatic rings. The van der Waals surface area contributed by atoms with Crippen LogP contribution in [0.4, 0.5) is 0 Å². The van der Waals surface area contributed by atoms with Crippen LogP contribution in [0.1, 0.15) is 12.5 Å². The molecule has 0 aromatic carbocycles. The van der Waals surface area contributed by atoms with E-state index in [1.165, 1.54) is 6.92 Å². The van der Waals surface area contributed by atoms with Crippen LogP contribution < -0.4 is 5.32 Å². The fraction of sp³-hybridized carbons (Fsp3) is 0.364. The zero-order valence-corrected chi connectivity index (χ0v) is 9.01. The molecule has 0 radical (unpaired) electrons. The van der Waals surface area contributed by atoms with Gasteiger partial charge in [-0.1, -0.05) is 6.07 Å². The van der Waals surface area contributed by atoms with Crippen molar-refractivity contribution in [3.63, 3.8) is 0 Å². The van der Waals surface area contributed by atoms with Gasteiger partial charge in [0.2, 0.25) is 5.91 Å². The van der Waals surface area contributed by atoms with Crippen molar-refractivity contribution in [2.24, 2.45) is 5.92 Å². The Morgan fingerprint density at radius 1 is 1.56 bits per heavy atom.